The standard InChI is InChI=1S/C27H25FN6O3S.C8H9N/c1-13(2)10-18-21(26(30)35)23(20-11-15-8-9-31-25(29)24(15)38-20)22(27-34-33-14(3)37-27)19(32-18)12-36-17-6-4-16(28)5-7-17;1-3-7-4-2-6-9-8(7)5-1/h4-9,11,13H,10,12H2,1-3H3,(H2,29,31)(H2,30,35);2,4,6H,1,3,5H2. The van der Waals surface area contributed by atoms with Crippen molar-refractivity contribution in [3.8, 4) is 27.6 Å². The molecule has 0 bridgehead atoms. The van der Waals surface area contributed by atoms with Gasteiger partial charge in [0, 0.05) is 35.5 Å². The van der Waals surface area contributed by atoms with Crippen molar-refractivity contribution in [1.29, 1.82) is 0 Å². The number of ether oxygens (including phenoxy) is 1. The van der Waals surface area contributed by atoms with Gasteiger partial charge in [0.15, 0.2) is 0 Å². The van der Waals surface area contributed by atoms with Gasteiger partial charge >= 0.3 is 0 Å². The molecule has 10 nitrogen and oxygen atoms in total. The minimum atomic E-state index is -0.629. The summed E-state index contributed by atoms with van der Waals surface area (Å²) < 4.78 is 26.0. The van der Waals surface area contributed by atoms with Crippen LogP contribution in [0.4, 0.5) is 10.2 Å². The summed E-state index contributed by atoms with van der Waals surface area (Å²) in [5.74, 6) is 0.521. The third kappa shape index (κ3) is 6.97. The van der Waals surface area contributed by atoms with Crippen LogP contribution in [0.1, 0.15) is 59.2 Å². The molecular weight excluding hydrogens is 617 g/mol. The minimum Gasteiger partial charge on any atom is -0.487 e. The molecule has 0 aliphatic heterocycles. The second-order valence-corrected chi connectivity index (χ2v) is 12.7. The van der Waals surface area contributed by atoms with Gasteiger partial charge in [-0.15, -0.1) is 21.5 Å². The first-order chi connectivity index (χ1) is 22.7. The number of nitrogen functional groups attached to an aromatic ring is 1. The van der Waals surface area contributed by atoms with Gasteiger partial charge in [-0.2, -0.15) is 0 Å². The van der Waals surface area contributed by atoms with Crippen LogP contribution in [0.5, 0.6) is 5.75 Å². The molecule has 1 aliphatic rings. The van der Waals surface area contributed by atoms with E-state index in [9.17, 15) is 9.18 Å². The monoisotopic (exact) mass is 651 g/mol. The topological polar surface area (TPSA) is 156 Å². The van der Waals surface area contributed by atoms with Crippen LogP contribution in [0.3, 0.4) is 0 Å². The number of rotatable bonds is 8. The summed E-state index contributed by atoms with van der Waals surface area (Å²) in [6.45, 7) is 5.73. The quantitative estimate of drug-likeness (QED) is 0.179. The van der Waals surface area contributed by atoms with E-state index in [1.54, 1.807) is 13.1 Å². The molecule has 0 radical (unpaired) electrons. The molecule has 0 unspecified atom stereocenters. The first-order valence-corrected chi connectivity index (χ1v) is 16.1. The van der Waals surface area contributed by atoms with Crippen molar-refractivity contribution in [1.82, 2.24) is 25.1 Å². The summed E-state index contributed by atoms with van der Waals surface area (Å²) >= 11 is 1.38. The average molecular weight is 652 g/mol. The predicted octanol–water partition coefficient (Wildman–Crippen LogP) is 6.88. The zero-order valence-corrected chi connectivity index (χ0v) is 27.1. The Labute approximate surface area is 275 Å². The number of amides is 1. The van der Waals surface area contributed by atoms with Crippen LogP contribution in [0.15, 0.2) is 65.3 Å². The number of carbonyl (C=O) groups is 1. The molecule has 240 valence electrons. The van der Waals surface area contributed by atoms with Crippen LogP contribution in [0.25, 0.3) is 32.0 Å². The molecule has 1 aliphatic carbocycles. The van der Waals surface area contributed by atoms with E-state index in [-0.39, 0.29) is 29.8 Å². The van der Waals surface area contributed by atoms with Gasteiger partial charge in [-0.1, -0.05) is 19.9 Å². The second kappa shape index (κ2) is 13.6. The molecule has 0 spiro atoms. The molecule has 6 aromatic rings. The molecule has 5 heterocycles. The summed E-state index contributed by atoms with van der Waals surface area (Å²) in [5, 5.41) is 9.11. The van der Waals surface area contributed by atoms with E-state index in [0.29, 0.717) is 46.4 Å². The van der Waals surface area contributed by atoms with Gasteiger partial charge in [-0.05, 0) is 85.0 Å². The van der Waals surface area contributed by atoms with Gasteiger partial charge in [-0.3, -0.25) is 14.8 Å². The van der Waals surface area contributed by atoms with Crippen molar-refractivity contribution in [3.63, 3.8) is 0 Å². The molecule has 0 saturated carbocycles. The zero-order valence-electron chi connectivity index (χ0n) is 26.3. The van der Waals surface area contributed by atoms with Crippen LogP contribution >= 0.6 is 11.3 Å². The molecule has 1 aromatic carbocycles. The highest BCUT2D eigenvalue weighted by Gasteiger charge is 2.29. The SMILES string of the molecule is Cc1nnc(-c2c(COc3ccc(F)cc3)nc(CC(C)C)c(C(N)=O)c2-c2cc3ccnc(N)c3s2)o1.c1cnc2c(c1)CCC2. The number of aromatic nitrogens is 5. The predicted molar refractivity (Wildman–Crippen MR) is 179 cm³/mol. The van der Waals surface area contributed by atoms with Crippen molar-refractivity contribution in [2.75, 3.05) is 5.73 Å². The lowest BCUT2D eigenvalue weighted by molar-refractivity contribution is 0.0999. The number of nitrogens with two attached hydrogens (primary N) is 2. The van der Waals surface area contributed by atoms with Crippen molar-refractivity contribution >= 4 is 33.1 Å². The van der Waals surface area contributed by atoms with Gasteiger partial charge in [0.25, 0.3) is 5.91 Å². The van der Waals surface area contributed by atoms with Crippen LogP contribution in [0, 0.1) is 18.7 Å². The molecule has 0 saturated heterocycles. The molecule has 5 aromatic heterocycles. The fraction of sp³-hybridized carbons (Fsp3) is 0.257. The lowest BCUT2D eigenvalue weighted by Crippen LogP contribution is -2.20. The molecule has 12 heteroatoms. The largest absolute Gasteiger partial charge is 0.487 e. The van der Waals surface area contributed by atoms with Crippen LogP contribution < -0.4 is 16.2 Å². The van der Waals surface area contributed by atoms with E-state index in [0.717, 1.165) is 15.0 Å². The third-order valence-electron chi connectivity index (χ3n) is 7.68. The summed E-state index contributed by atoms with van der Waals surface area (Å²) in [6.07, 6.45) is 7.73. The Balaban J connectivity index is 0.000000366. The number of hydrogen-bond acceptors (Lipinski definition) is 10. The number of hydrogen-bond donors (Lipinski definition) is 2. The van der Waals surface area contributed by atoms with E-state index in [2.05, 4.69) is 26.2 Å². The van der Waals surface area contributed by atoms with Gasteiger partial charge < -0.3 is 20.6 Å². The minimum absolute atomic E-state index is 0.00583. The number of aryl methyl sites for hydroxylation is 3. The molecule has 1 amide bonds. The summed E-state index contributed by atoms with van der Waals surface area (Å²) in [7, 11) is 0. The summed E-state index contributed by atoms with van der Waals surface area (Å²) in [5.41, 5.74) is 17.1. The first kappa shape index (κ1) is 31.7. The van der Waals surface area contributed by atoms with Gasteiger partial charge in [-0.25, -0.2) is 9.37 Å². The molecule has 0 atom stereocenters. The fourth-order valence-corrected chi connectivity index (χ4v) is 6.74. The Morgan fingerprint density at radius 1 is 1.04 bits per heavy atom. The highest BCUT2D eigenvalue weighted by molar-refractivity contribution is 7.22. The maximum absolute atomic E-state index is 13.4. The zero-order chi connectivity index (χ0) is 33.1. The number of anilines is 1. The Morgan fingerprint density at radius 3 is 2.53 bits per heavy atom. The number of benzene rings is 1. The van der Waals surface area contributed by atoms with Crippen molar-refractivity contribution in [3.05, 3.63) is 101 Å². The number of fused-ring (bicyclic) bond motifs is 2. The Bertz CT molecular complexity index is 2030. The van der Waals surface area contributed by atoms with Crippen molar-refractivity contribution < 1.29 is 18.3 Å². The number of primary amides is 1. The number of halogens is 1. The van der Waals surface area contributed by atoms with Gasteiger partial charge in [0.2, 0.25) is 11.8 Å². The van der Waals surface area contributed by atoms with Crippen LogP contribution in [0.2, 0.25) is 0 Å². The normalized spacial score (nSPS) is 12.2. The van der Waals surface area contributed by atoms with Crippen LogP contribution in [-0.2, 0) is 25.9 Å². The Kier molecular flexibility index (Phi) is 9.21. The smallest absolute Gasteiger partial charge is 0.251 e. The highest BCUT2D eigenvalue weighted by Crippen LogP contribution is 2.44. The van der Waals surface area contributed by atoms with E-state index in [4.69, 9.17) is 25.6 Å². The van der Waals surface area contributed by atoms with Crippen molar-refractivity contribution in [2.24, 2.45) is 11.7 Å². The second-order valence-electron chi connectivity index (χ2n) is 11.6. The van der Waals surface area contributed by atoms with E-state index >= 15 is 0 Å². The van der Waals surface area contributed by atoms with Crippen LogP contribution in [-0.4, -0.2) is 31.1 Å². The number of carbonyl (C=O) groups excluding carboxylic acids is 1. The van der Waals surface area contributed by atoms with Gasteiger partial charge in [0.1, 0.15) is 24.0 Å². The Hall–Kier alpha value is -5.23. The van der Waals surface area contributed by atoms with Crippen molar-refractivity contribution in [2.45, 2.75) is 53.1 Å². The highest BCUT2D eigenvalue weighted by atomic mass is 32.1. The molecule has 0 fully saturated rings. The third-order valence-corrected chi connectivity index (χ3v) is 8.87. The Morgan fingerprint density at radius 2 is 1.85 bits per heavy atom. The lowest BCUT2D eigenvalue weighted by Gasteiger charge is -2.19. The number of thiophene rings is 1. The van der Waals surface area contributed by atoms with E-state index < -0.39 is 5.91 Å². The fourth-order valence-electron chi connectivity index (χ4n) is 5.63. The maximum Gasteiger partial charge on any atom is 0.251 e. The average Bonchev–Trinajstić information content (AvgIpc) is 3.80. The van der Waals surface area contributed by atoms with Gasteiger partial charge in [0.05, 0.1) is 27.2 Å². The summed E-state index contributed by atoms with van der Waals surface area (Å²) in [6, 6.07) is 13.7. The maximum atomic E-state index is 13.4. The lowest BCUT2D eigenvalue weighted by atomic mass is 9.92. The number of nitrogens with zero attached hydrogens (tertiary/aromatic N) is 5. The number of pyridine rings is 3. The molecule has 47 heavy (non-hydrogen) atoms. The van der Waals surface area contributed by atoms with E-state index in [1.165, 1.54) is 66.1 Å². The molecule has 7 rings (SSSR count). The molecular formula is C35H34FN7O3S. The molecule has 4 N–H and O–H groups in total. The first-order valence-electron chi connectivity index (χ1n) is 15.3. The van der Waals surface area contributed by atoms with E-state index in [1.807, 2.05) is 38.2 Å². The summed E-state index contributed by atoms with van der Waals surface area (Å²) in [4.78, 5) is 27.0.